The van der Waals surface area contributed by atoms with Gasteiger partial charge >= 0.3 is 0 Å². The highest BCUT2D eigenvalue weighted by molar-refractivity contribution is 14.1. The Balaban J connectivity index is 2.45. The van der Waals surface area contributed by atoms with Crippen LogP contribution in [0.15, 0.2) is 23.8 Å². The van der Waals surface area contributed by atoms with E-state index < -0.39 is 24.2 Å². The molecule has 0 radical (unpaired) electrons. The molecular weight excluding hydrogens is 635 g/mol. The summed E-state index contributed by atoms with van der Waals surface area (Å²) in [5, 5.41) is 23.3. The van der Waals surface area contributed by atoms with Crippen molar-refractivity contribution in [3.05, 3.63) is 32.9 Å². The minimum Gasteiger partial charge on any atom is -0.493 e. The molecule has 0 aromatic heterocycles. The molecule has 0 aliphatic heterocycles. The predicted octanol–water partition coefficient (Wildman–Crippen LogP) is 2.04. The van der Waals surface area contributed by atoms with Gasteiger partial charge in [-0.1, -0.05) is 0 Å². The molecule has 1 aliphatic carbocycles. The average Bonchev–Trinajstić information content (AvgIpc) is 2.93. The molecular formula is C28H39IN2O9. The number of aliphatic hydroxyl groups is 2. The fourth-order valence-corrected chi connectivity index (χ4v) is 5.18. The smallest absolute Gasteiger partial charge is 0.247 e. The summed E-state index contributed by atoms with van der Waals surface area (Å²) in [6.07, 6.45) is 1.24. The summed E-state index contributed by atoms with van der Waals surface area (Å²) in [6, 6.07) is 2.30. The van der Waals surface area contributed by atoms with Crippen LogP contribution in [-0.4, -0.2) is 97.3 Å². The SMILES string of the molecule is CCOCCCN(C(=O)CCCC(C)=O)C1CC(C(=O)NCCO)=CC(Oc2c(I)cc(C=O)cc2OC)C1O. The monoisotopic (exact) mass is 674 g/mol. The number of nitrogens with one attached hydrogen (secondary N) is 1. The molecule has 40 heavy (non-hydrogen) atoms. The topological polar surface area (TPSA) is 152 Å². The van der Waals surface area contributed by atoms with E-state index >= 15 is 0 Å². The summed E-state index contributed by atoms with van der Waals surface area (Å²) < 4.78 is 17.6. The summed E-state index contributed by atoms with van der Waals surface area (Å²) >= 11 is 1.99. The van der Waals surface area contributed by atoms with Crippen molar-refractivity contribution in [1.29, 1.82) is 0 Å². The van der Waals surface area contributed by atoms with Gasteiger partial charge in [-0.05, 0) is 67.5 Å². The Bertz CT molecular complexity index is 1060. The van der Waals surface area contributed by atoms with Gasteiger partial charge in [-0.25, -0.2) is 0 Å². The van der Waals surface area contributed by atoms with Crippen LogP contribution >= 0.6 is 22.6 Å². The molecule has 12 heteroatoms. The Kier molecular flexibility index (Phi) is 14.6. The first-order valence-electron chi connectivity index (χ1n) is 13.3. The molecule has 2 amide bonds. The molecule has 222 valence electrons. The van der Waals surface area contributed by atoms with Crippen LogP contribution in [0.4, 0.5) is 0 Å². The number of aliphatic hydroxyl groups excluding tert-OH is 2. The van der Waals surface area contributed by atoms with Crippen molar-refractivity contribution in [2.24, 2.45) is 0 Å². The second-order valence-electron chi connectivity index (χ2n) is 9.36. The first kappa shape index (κ1) is 33.7. The Hall–Kier alpha value is -2.55. The van der Waals surface area contributed by atoms with Crippen molar-refractivity contribution < 1.29 is 43.6 Å². The highest BCUT2D eigenvalue weighted by atomic mass is 127. The van der Waals surface area contributed by atoms with Gasteiger partial charge in [0.25, 0.3) is 0 Å². The van der Waals surface area contributed by atoms with Crippen LogP contribution in [0.3, 0.4) is 0 Å². The van der Waals surface area contributed by atoms with E-state index in [1.165, 1.54) is 26.2 Å². The number of hydrogen-bond donors (Lipinski definition) is 3. The van der Waals surface area contributed by atoms with Gasteiger partial charge in [-0.3, -0.25) is 14.4 Å². The Morgan fingerprint density at radius 3 is 2.60 bits per heavy atom. The summed E-state index contributed by atoms with van der Waals surface area (Å²) in [5.74, 6) is -0.162. The molecule has 0 spiro atoms. The maximum atomic E-state index is 13.4. The van der Waals surface area contributed by atoms with Crippen molar-refractivity contribution in [3.63, 3.8) is 0 Å². The molecule has 3 unspecified atom stereocenters. The average molecular weight is 675 g/mol. The fourth-order valence-electron chi connectivity index (χ4n) is 4.43. The number of methoxy groups -OCH3 is 1. The van der Waals surface area contributed by atoms with Crippen LogP contribution in [0.5, 0.6) is 11.5 Å². The number of rotatable bonds is 17. The second-order valence-corrected chi connectivity index (χ2v) is 10.5. The number of nitrogens with zero attached hydrogens (tertiary/aromatic N) is 1. The largest absolute Gasteiger partial charge is 0.493 e. The van der Waals surface area contributed by atoms with Gasteiger partial charge in [0.15, 0.2) is 11.5 Å². The number of Topliss-reactive ketones (excluding diaryl/α,β-unsaturated/α-hetero) is 1. The van der Waals surface area contributed by atoms with Crippen LogP contribution < -0.4 is 14.8 Å². The molecule has 0 saturated carbocycles. The molecule has 0 fully saturated rings. The number of ether oxygens (including phenoxy) is 3. The number of halogens is 1. The van der Waals surface area contributed by atoms with Gasteiger partial charge in [0.2, 0.25) is 11.8 Å². The van der Waals surface area contributed by atoms with Gasteiger partial charge in [0, 0.05) is 56.7 Å². The van der Waals surface area contributed by atoms with E-state index in [2.05, 4.69) is 5.32 Å². The van der Waals surface area contributed by atoms with Crippen molar-refractivity contribution >= 4 is 46.5 Å². The fraction of sp³-hybridized carbons (Fsp3) is 0.571. The Morgan fingerprint density at radius 2 is 1.98 bits per heavy atom. The number of ketones is 1. The third-order valence-electron chi connectivity index (χ3n) is 6.39. The van der Waals surface area contributed by atoms with Crippen molar-refractivity contribution in [1.82, 2.24) is 10.2 Å². The number of carbonyl (C=O) groups excluding carboxylic acids is 4. The van der Waals surface area contributed by atoms with Crippen molar-refractivity contribution in [2.45, 2.75) is 64.2 Å². The highest BCUT2D eigenvalue weighted by Crippen LogP contribution is 2.37. The van der Waals surface area contributed by atoms with Gasteiger partial charge < -0.3 is 39.4 Å². The quantitative estimate of drug-likeness (QED) is 0.128. The molecule has 2 rings (SSSR count). The minimum atomic E-state index is -1.22. The summed E-state index contributed by atoms with van der Waals surface area (Å²) in [4.78, 5) is 50.7. The standard InChI is InChI=1S/C28H39IN2O9/c1-4-39-12-6-10-31(25(35)8-5-7-18(2)34)22-15-20(28(37)30-9-11-32)16-23(26(22)36)40-27-21(29)13-19(17-33)14-24(27)38-3/h13-14,16-17,22-23,26,32,36H,4-12,15H2,1-3H3,(H,30,37). The van der Waals surface area contributed by atoms with E-state index in [-0.39, 0.29) is 62.1 Å². The third kappa shape index (κ3) is 9.82. The van der Waals surface area contributed by atoms with Gasteiger partial charge in [0.1, 0.15) is 24.3 Å². The zero-order valence-corrected chi connectivity index (χ0v) is 25.3. The summed E-state index contributed by atoms with van der Waals surface area (Å²) in [5.41, 5.74) is 0.672. The zero-order chi connectivity index (χ0) is 29.7. The van der Waals surface area contributed by atoms with Gasteiger partial charge in [0.05, 0.1) is 23.3 Å². The number of aldehydes is 1. The molecule has 11 nitrogen and oxygen atoms in total. The first-order chi connectivity index (χ1) is 19.2. The molecule has 1 aromatic rings. The molecule has 1 aliphatic rings. The predicted molar refractivity (Wildman–Crippen MR) is 155 cm³/mol. The van der Waals surface area contributed by atoms with E-state index in [9.17, 15) is 29.4 Å². The van der Waals surface area contributed by atoms with E-state index in [4.69, 9.17) is 14.2 Å². The molecule has 0 bridgehead atoms. The van der Waals surface area contributed by atoms with E-state index in [0.717, 1.165) is 0 Å². The van der Waals surface area contributed by atoms with Crippen molar-refractivity contribution in [3.8, 4) is 11.5 Å². The van der Waals surface area contributed by atoms with Crippen molar-refractivity contribution in [2.75, 3.05) is 40.0 Å². The molecule has 1 aromatic carbocycles. The van der Waals surface area contributed by atoms with Crippen LogP contribution in [-0.2, 0) is 19.1 Å². The lowest BCUT2D eigenvalue weighted by atomic mass is 9.87. The highest BCUT2D eigenvalue weighted by Gasteiger charge is 2.40. The Morgan fingerprint density at radius 1 is 1.23 bits per heavy atom. The second kappa shape index (κ2) is 17.3. The summed E-state index contributed by atoms with van der Waals surface area (Å²) in [7, 11) is 1.43. The maximum absolute atomic E-state index is 13.4. The van der Waals surface area contributed by atoms with Gasteiger partial charge in [-0.2, -0.15) is 0 Å². The first-order valence-corrected chi connectivity index (χ1v) is 14.4. The normalized spacial score (nSPS) is 18.4. The number of carbonyl (C=O) groups is 4. The van der Waals surface area contributed by atoms with Crippen LogP contribution in [0.2, 0.25) is 0 Å². The van der Waals surface area contributed by atoms with Gasteiger partial charge in [-0.15, -0.1) is 0 Å². The zero-order valence-electron chi connectivity index (χ0n) is 23.2. The maximum Gasteiger partial charge on any atom is 0.247 e. The lowest BCUT2D eigenvalue weighted by Crippen LogP contribution is -2.55. The van der Waals surface area contributed by atoms with E-state index in [1.54, 1.807) is 11.0 Å². The number of amides is 2. The van der Waals surface area contributed by atoms with Crippen LogP contribution in [0.25, 0.3) is 0 Å². The number of hydrogen-bond acceptors (Lipinski definition) is 9. The molecule has 0 saturated heterocycles. The minimum absolute atomic E-state index is 0.0169. The Labute approximate surface area is 248 Å². The van der Waals surface area contributed by atoms with Crippen LogP contribution in [0.1, 0.15) is 56.3 Å². The summed E-state index contributed by atoms with van der Waals surface area (Å²) in [6.45, 7) is 4.34. The third-order valence-corrected chi connectivity index (χ3v) is 7.19. The van der Waals surface area contributed by atoms with E-state index in [1.807, 2.05) is 29.5 Å². The molecule has 3 atom stereocenters. The lowest BCUT2D eigenvalue weighted by Gasteiger charge is -2.40. The van der Waals surface area contributed by atoms with Crippen LogP contribution in [0, 0.1) is 3.57 Å². The molecule has 0 heterocycles. The lowest BCUT2D eigenvalue weighted by molar-refractivity contribution is -0.139. The van der Waals surface area contributed by atoms with E-state index in [0.29, 0.717) is 47.0 Å². The number of benzene rings is 1. The molecule has 3 N–H and O–H groups in total.